The highest BCUT2D eigenvalue weighted by atomic mass is 19.1. The minimum absolute atomic E-state index is 0.0193. The second-order valence-electron chi connectivity index (χ2n) is 4.95. The van der Waals surface area contributed by atoms with E-state index >= 15 is 0 Å². The summed E-state index contributed by atoms with van der Waals surface area (Å²) in [5.41, 5.74) is 4.62. The molecule has 0 unspecified atom stereocenters. The lowest BCUT2D eigenvalue weighted by Gasteiger charge is -2.04. The molecule has 0 atom stereocenters. The van der Waals surface area contributed by atoms with Crippen LogP contribution in [0.1, 0.15) is 12.5 Å². The van der Waals surface area contributed by atoms with E-state index in [9.17, 15) is 9.18 Å². The Morgan fingerprint density at radius 1 is 1.22 bits per heavy atom. The molecule has 3 aromatic rings. The lowest BCUT2D eigenvalue weighted by Crippen LogP contribution is -2.25. The summed E-state index contributed by atoms with van der Waals surface area (Å²) in [5.74, 6) is -0.749. The number of benzene rings is 2. The molecule has 0 radical (unpaired) electrons. The molecule has 1 heterocycles. The van der Waals surface area contributed by atoms with Gasteiger partial charge in [0.25, 0.3) is 5.91 Å². The first kappa shape index (κ1) is 14.8. The van der Waals surface area contributed by atoms with E-state index in [0.29, 0.717) is 16.8 Å². The minimum Gasteiger partial charge on any atom is -0.271 e. The zero-order valence-corrected chi connectivity index (χ0v) is 12.4. The molecule has 0 aliphatic rings. The Hall–Kier alpha value is -3.09. The summed E-state index contributed by atoms with van der Waals surface area (Å²) >= 11 is 0. The molecule has 2 aromatic carbocycles. The Morgan fingerprint density at radius 2 is 1.96 bits per heavy atom. The zero-order chi connectivity index (χ0) is 16.2. The molecule has 1 amide bonds. The molecule has 3 rings (SSSR count). The summed E-state index contributed by atoms with van der Waals surface area (Å²) in [5, 5.41) is 11.8. The SMILES string of the molecule is C/C(=N/NC(=O)Cn1nnc2ccccc21)c1ccccc1F. The van der Waals surface area contributed by atoms with Crippen LogP contribution in [0.4, 0.5) is 4.39 Å². The predicted octanol–water partition coefficient (Wildman–Crippen LogP) is 2.11. The predicted molar refractivity (Wildman–Crippen MR) is 84.3 cm³/mol. The van der Waals surface area contributed by atoms with E-state index < -0.39 is 0 Å². The van der Waals surface area contributed by atoms with E-state index in [2.05, 4.69) is 20.8 Å². The van der Waals surface area contributed by atoms with Crippen LogP contribution in [0.2, 0.25) is 0 Å². The number of carbonyl (C=O) groups is 1. The van der Waals surface area contributed by atoms with Crippen molar-refractivity contribution in [2.45, 2.75) is 13.5 Å². The van der Waals surface area contributed by atoms with Crippen molar-refractivity contribution >= 4 is 22.7 Å². The molecule has 0 aliphatic heterocycles. The number of hydrogen-bond acceptors (Lipinski definition) is 4. The summed E-state index contributed by atoms with van der Waals surface area (Å²) < 4.78 is 15.1. The van der Waals surface area contributed by atoms with Gasteiger partial charge in [-0.1, -0.05) is 35.5 Å². The zero-order valence-electron chi connectivity index (χ0n) is 12.4. The lowest BCUT2D eigenvalue weighted by molar-refractivity contribution is -0.121. The third-order valence-electron chi connectivity index (χ3n) is 3.33. The number of halogens is 1. The number of para-hydroxylation sites is 1. The molecular formula is C16H14FN5O. The molecule has 116 valence electrons. The number of nitrogens with zero attached hydrogens (tertiary/aromatic N) is 4. The molecule has 0 saturated carbocycles. The van der Waals surface area contributed by atoms with E-state index in [1.54, 1.807) is 25.1 Å². The van der Waals surface area contributed by atoms with Crippen molar-refractivity contribution in [1.29, 1.82) is 0 Å². The smallest absolute Gasteiger partial charge is 0.261 e. The van der Waals surface area contributed by atoms with Gasteiger partial charge in [-0.05, 0) is 25.1 Å². The molecule has 1 aromatic heterocycles. The van der Waals surface area contributed by atoms with E-state index in [1.807, 2.05) is 24.3 Å². The summed E-state index contributed by atoms with van der Waals surface area (Å²) in [7, 11) is 0. The van der Waals surface area contributed by atoms with Crippen molar-refractivity contribution in [1.82, 2.24) is 20.4 Å². The Bertz CT molecular complexity index is 887. The molecule has 7 heteroatoms. The molecule has 0 spiro atoms. The van der Waals surface area contributed by atoms with Crippen molar-refractivity contribution < 1.29 is 9.18 Å². The standard InChI is InChI=1S/C16H14FN5O/c1-11(12-6-2-3-7-13(12)17)18-20-16(23)10-22-15-9-5-4-8-14(15)19-21-22/h2-9H,10H2,1H3,(H,20,23)/b18-11-. The fourth-order valence-corrected chi connectivity index (χ4v) is 2.17. The van der Waals surface area contributed by atoms with Crippen LogP contribution in [0.5, 0.6) is 0 Å². The minimum atomic E-state index is -0.384. The van der Waals surface area contributed by atoms with Gasteiger partial charge in [-0.25, -0.2) is 14.5 Å². The van der Waals surface area contributed by atoms with Crippen LogP contribution in [0, 0.1) is 5.82 Å². The van der Waals surface area contributed by atoms with E-state index in [-0.39, 0.29) is 18.3 Å². The monoisotopic (exact) mass is 311 g/mol. The number of amides is 1. The fraction of sp³-hybridized carbons (Fsp3) is 0.125. The fourth-order valence-electron chi connectivity index (χ4n) is 2.17. The Labute approximate surface area is 131 Å². The van der Waals surface area contributed by atoms with Crippen molar-refractivity contribution in [2.75, 3.05) is 0 Å². The summed E-state index contributed by atoms with van der Waals surface area (Å²) in [6.45, 7) is 1.61. The van der Waals surface area contributed by atoms with Crippen LogP contribution in [-0.2, 0) is 11.3 Å². The summed E-state index contributed by atoms with van der Waals surface area (Å²) in [6.07, 6.45) is 0. The molecule has 0 aliphatic carbocycles. The van der Waals surface area contributed by atoms with Crippen molar-refractivity contribution in [3.8, 4) is 0 Å². The number of carbonyl (C=O) groups excluding carboxylic acids is 1. The van der Waals surface area contributed by atoms with Gasteiger partial charge in [-0.2, -0.15) is 5.10 Å². The number of hydrazone groups is 1. The highest BCUT2D eigenvalue weighted by Crippen LogP contribution is 2.09. The van der Waals surface area contributed by atoms with Crippen LogP contribution < -0.4 is 5.43 Å². The number of nitrogens with one attached hydrogen (secondary N) is 1. The second kappa shape index (κ2) is 6.35. The third kappa shape index (κ3) is 3.23. The maximum Gasteiger partial charge on any atom is 0.261 e. The number of fused-ring (bicyclic) bond motifs is 1. The van der Waals surface area contributed by atoms with Gasteiger partial charge in [0.1, 0.15) is 17.9 Å². The molecule has 23 heavy (non-hydrogen) atoms. The van der Waals surface area contributed by atoms with Crippen molar-refractivity contribution in [3.63, 3.8) is 0 Å². The Kier molecular flexibility index (Phi) is 4.09. The van der Waals surface area contributed by atoms with Gasteiger partial charge in [-0.3, -0.25) is 4.79 Å². The number of aromatic nitrogens is 3. The van der Waals surface area contributed by atoms with Crippen LogP contribution in [0.25, 0.3) is 11.0 Å². The lowest BCUT2D eigenvalue weighted by atomic mass is 10.1. The van der Waals surface area contributed by atoms with E-state index in [1.165, 1.54) is 10.7 Å². The van der Waals surface area contributed by atoms with Gasteiger partial charge in [0.05, 0.1) is 11.2 Å². The number of hydrogen-bond donors (Lipinski definition) is 1. The van der Waals surface area contributed by atoms with Crippen LogP contribution in [-0.4, -0.2) is 26.6 Å². The van der Waals surface area contributed by atoms with Gasteiger partial charge in [0.15, 0.2) is 0 Å². The Morgan fingerprint density at radius 3 is 2.78 bits per heavy atom. The molecule has 1 N–H and O–H groups in total. The first-order valence-electron chi connectivity index (χ1n) is 7.01. The van der Waals surface area contributed by atoms with Gasteiger partial charge in [0, 0.05) is 5.56 Å². The number of rotatable bonds is 4. The Balaban J connectivity index is 1.70. The van der Waals surface area contributed by atoms with Crippen molar-refractivity contribution in [3.05, 3.63) is 59.9 Å². The largest absolute Gasteiger partial charge is 0.271 e. The maximum atomic E-state index is 13.6. The summed E-state index contributed by atoms with van der Waals surface area (Å²) in [4.78, 5) is 12.0. The third-order valence-corrected chi connectivity index (χ3v) is 3.33. The second-order valence-corrected chi connectivity index (χ2v) is 4.95. The average Bonchev–Trinajstić information content (AvgIpc) is 2.96. The van der Waals surface area contributed by atoms with Gasteiger partial charge < -0.3 is 0 Å². The maximum absolute atomic E-state index is 13.6. The topological polar surface area (TPSA) is 72.2 Å². The first-order valence-corrected chi connectivity index (χ1v) is 7.01. The summed E-state index contributed by atoms with van der Waals surface area (Å²) in [6, 6.07) is 13.6. The average molecular weight is 311 g/mol. The highest BCUT2D eigenvalue weighted by molar-refractivity contribution is 5.99. The van der Waals surface area contributed by atoms with Crippen LogP contribution >= 0.6 is 0 Å². The molecule has 6 nitrogen and oxygen atoms in total. The van der Waals surface area contributed by atoms with E-state index in [4.69, 9.17) is 0 Å². The quantitative estimate of drug-likeness (QED) is 0.592. The molecular weight excluding hydrogens is 297 g/mol. The van der Waals surface area contributed by atoms with Gasteiger partial charge in [0.2, 0.25) is 0 Å². The molecule has 0 bridgehead atoms. The molecule has 0 fully saturated rings. The van der Waals surface area contributed by atoms with Crippen molar-refractivity contribution in [2.24, 2.45) is 5.10 Å². The highest BCUT2D eigenvalue weighted by Gasteiger charge is 2.09. The molecule has 0 saturated heterocycles. The normalized spacial score (nSPS) is 11.7. The van der Waals surface area contributed by atoms with E-state index in [0.717, 1.165) is 5.52 Å². The van der Waals surface area contributed by atoms with Gasteiger partial charge in [-0.15, -0.1) is 5.10 Å². The van der Waals surface area contributed by atoms with Crippen LogP contribution in [0.3, 0.4) is 0 Å². The first-order chi connectivity index (χ1) is 11.1. The van der Waals surface area contributed by atoms with Gasteiger partial charge >= 0.3 is 0 Å². The van der Waals surface area contributed by atoms with Crippen LogP contribution in [0.15, 0.2) is 53.6 Å².